The Kier molecular flexibility index (Phi) is 9.08. The predicted molar refractivity (Wildman–Crippen MR) is 135 cm³/mol. The lowest BCUT2D eigenvalue weighted by Gasteiger charge is -2.32. The van der Waals surface area contributed by atoms with Crippen LogP contribution in [0.25, 0.3) is 0 Å². The van der Waals surface area contributed by atoms with Crippen molar-refractivity contribution in [3.63, 3.8) is 0 Å². The second-order valence-electron chi connectivity index (χ2n) is 8.42. The summed E-state index contributed by atoms with van der Waals surface area (Å²) >= 11 is 1.68. The number of methoxy groups -OCH3 is 1. The largest absolute Gasteiger partial charge is 0.497 e. The highest BCUT2D eigenvalue weighted by Crippen LogP contribution is 2.32. The van der Waals surface area contributed by atoms with Gasteiger partial charge in [0.1, 0.15) is 5.75 Å². The maximum absolute atomic E-state index is 5.43. The molecule has 31 heavy (non-hydrogen) atoms. The molecule has 3 nitrogen and oxygen atoms in total. The molecule has 0 saturated heterocycles. The lowest BCUT2D eigenvalue weighted by Crippen LogP contribution is -2.28. The molecule has 166 valence electrons. The number of nitrogens with zero attached hydrogens (tertiary/aromatic N) is 2. The number of ether oxygens (including phenoxy) is 1. The van der Waals surface area contributed by atoms with Gasteiger partial charge in [0, 0.05) is 13.0 Å². The zero-order chi connectivity index (χ0) is 22.1. The molecule has 0 heterocycles. The molecule has 0 aromatic heterocycles. The molecular formula is C27H36N2OS. The molecular weight excluding hydrogens is 400 g/mol. The van der Waals surface area contributed by atoms with Crippen LogP contribution in [0.4, 0.5) is 0 Å². The summed E-state index contributed by atoms with van der Waals surface area (Å²) in [4.78, 5) is 0. The second kappa shape index (κ2) is 12.0. The Balaban J connectivity index is 1.86. The molecule has 0 aliphatic heterocycles. The zero-order valence-electron chi connectivity index (χ0n) is 19.2. The first-order valence-electron chi connectivity index (χ1n) is 11.4. The third kappa shape index (κ3) is 6.90. The van der Waals surface area contributed by atoms with Crippen LogP contribution in [-0.2, 0) is 6.42 Å². The van der Waals surface area contributed by atoms with Crippen LogP contribution in [0.2, 0.25) is 0 Å². The van der Waals surface area contributed by atoms with E-state index in [1.807, 2.05) is 12.1 Å². The fourth-order valence-corrected chi connectivity index (χ4v) is 4.64. The van der Waals surface area contributed by atoms with E-state index < -0.39 is 0 Å². The van der Waals surface area contributed by atoms with Crippen LogP contribution in [0.3, 0.4) is 0 Å². The molecule has 1 saturated carbocycles. The van der Waals surface area contributed by atoms with Crippen LogP contribution >= 0.6 is 11.8 Å². The molecule has 0 radical (unpaired) electrons. The van der Waals surface area contributed by atoms with E-state index in [2.05, 4.69) is 67.2 Å². The molecule has 1 aliphatic carbocycles. The standard InChI is InChI=1S/C27H36N2OS/c1-5-22-14-16-23(17-15-22)20-29(21(2)31-4)28-27(25-11-7-6-8-12-25)19-24-10-9-13-26(18-24)30-3/h6-13,18,22-23H,2,5,14-17,19-20H2,1,3-4H3/b28-27+. The first kappa shape index (κ1) is 23.5. The van der Waals surface area contributed by atoms with Crippen LogP contribution in [-0.4, -0.2) is 30.6 Å². The van der Waals surface area contributed by atoms with Crippen molar-refractivity contribution in [2.24, 2.45) is 16.9 Å². The van der Waals surface area contributed by atoms with Gasteiger partial charge in [-0.2, -0.15) is 5.10 Å². The van der Waals surface area contributed by atoms with Crippen LogP contribution in [0.1, 0.15) is 50.2 Å². The summed E-state index contributed by atoms with van der Waals surface area (Å²) in [5.41, 5.74) is 3.41. The SMILES string of the molecule is C=C(SC)N(CC1CCC(CC)CC1)/N=C(\Cc1cccc(OC)c1)c1ccccc1. The number of thioether (sulfide) groups is 1. The van der Waals surface area contributed by atoms with Crippen molar-refractivity contribution in [2.75, 3.05) is 19.9 Å². The first-order chi connectivity index (χ1) is 15.1. The Bertz CT molecular complexity index is 857. The van der Waals surface area contributed by atoms with Crippen molar-refractivity contribution in [1.29, 1.82) is 0 Å². The molecule has 2 aromatic carbocycles. The normalized spacial score (nSPS) is 19.1. The minimum Gasteiger partial charge on any atom is -0.497 e. The van der Waals surface area contributed by atoms with Gasteiger partial charge in [0.2, 0.25) is 0 Å². The summed E-state index contributed by atoms with van der Waals surface area (Å²) in [6.07, 6.45) is 9.43. The highest BCUT2D eigenvalue weighted by Gasteiger charge is 2.23. The molecule has 0 amide bonds. The molecule has 0 bridgehead atoms. The summed E-state index contributed by atoms with van der Waals surface area (Å²) in [5, 5.41) is 8.36. The minimum absolute atomic E-state index is 0.685. The van der Waals surface area contributed by atoms with Crippen LogP contribution in [0.15, 0.2) is 71.3 Å². The van der Waals surface area contributed by atoms with Gasteiger partial charge in [-0.15, -0.1) is 11.8 Å². The third-order valence-corrected chi connectivity index (χ3v) is 7.03. The van der Waals surface area contributed by atoms with E-state index in [0.29, 0.717) is 5.92 Å². The van der Waals surface area contributed by atoms with E-state index in [1.54, 1.807) is 18.9 Å². The van der Waals surface area contributed by atoms with Crippen molar-refractivity contribution < 1.29 is 4.74 Å². The van der Waals surface area contributed by atoms with Gasteiger partial charge < -0.3 is 4.74 Å². The third-order valence-electron chi connectivity index (χ3n) is 6.35. The number of hydrogen-bond donors (Lipinski definition) is 0. The fraction of sp³-hybridized carbons (Fsp3) is 0.444. The molecule has 2 aromatic rings. The quantitative estimate of drug-likeness (QED) is 0.296. The molecule has 0 atom stereocenters. The predicted octanol–water partition coefficient (Wildman–Crippen LogP) is 6.99. The van der Waals surface area contributed by atoms with E-state index in [0.717, 1.165) is 40.9 Å². The van der Waals surface area contributed by atoms with Gasteiger partial charge in [0.25, 0.3) is 0 Å². The van der Waals surface area contributed by atoms with Crippen molar-refractivity contribution in [3.05, 3.63) is 77.3 Å². The smallest absolute Gasteiger partial charge is 0.119 e. The number of rotatable bonds is 10. The first-order valence-corrected chi connectivity index (χ1v) is 12.6. The second-order valence-corrected chi connectivity index (χ2v) is 9.30. The van der Waals surface area contributed by atoms with E-state index in [9.17, 15) is 0 Å². The average Bonchev–Trinajstić information content (AvgIpc) is 2.83. The van der Waals surface area contributed by atoms with Crippen molar-refractivity contribution in [3.8, 4) is 5.75 Å². The van der Waals surface area contributed by atoms with E-state index in [1.165, 1.54) is 37.7 Å². The maximum Gasteiger partial charge on any atom is 0.119 e. The van der Waals surface area contributed by atoms with E-state index in [4.69, 9.17) is 9.84 Å². The van der Waals surface area contributed by atoms with Gasteiger partial charge in [-0.1, -0.05) is 75.2 Å². The molecule has 0 unspecified atom stereocenters. The van der Waals surface area contributed by atoms with Gasteiger partial charge >= 0.3 is 0 Å². The Morgan fingerprint density at radius 2 is 1.77 bits per heavy atom. The van der Waals surface area contributed by atoms with E-state index in [-0.39, 0.29) is 0 Å². The molecule has 3 rings (SSSR count). The maximum atomic E-state index is 5.43. The van der Waals surface area contributed by atoms with Crippen LogP contribution in [0, 0.1) is 11.8 Å². The molecule has 0 spiro atoms. The van der Waals surface area contributed by atoms with Gasteiger partial charge in [-0.25, -0.2) is 0 Å². The van der Waals surface area contributed by atoms with Gasteiger partial charge in [0.15, 0.2) is 0 Å². The van der Waals surface area contributed by atoms with Crippen LogP contribution < -0.4 is 4.74 Å². The number of benzene rings is 2. The summed E-state index contributed by atoms with van der Waals surface area (Å²) < 4.78 is 5.43. The average molecular weight is 437 g/mol. The highest BCUT2D eigenvalue weighted by atomic mass is 32.2. The topological polar surface area (TPSA) is 24.8 Å². The summed E-state index contributed by atoms with van der Waals surface area (Å²) in [5.74, 6) is 2.47. The van der Waals surface area contributed by atoms with Gasteiger partial charge in [-0.05, 0) is 54.2 Å². The Morgan fingerprint density at radius 3 is 2.42 bits per heavy atom. The van der Waals surface area contributed by atoms with Gasteiger partial charge in [-0.3, -0.25) is 5.01 Å². The van der Waals surface area contributed by atoms with Crippen molar-refractivity contribution in [2.45, 2.75) is 45.4 Å². The lowest BCUT2D eigenvalue weighted by atomic mass is 9.81. The lowest BCUT2D eigenvalue weighted by molar-refractivity contribution is 0.216. The number of hydrazone groups is 1. The highest BCUT2D eigenvalue weighted by molar-refractivity contribution is 8.02. The van der Waals surface area contributed by atoms with Gasteiger partial charge in [0.05, 0.1) is 17.9 Å². The Labute approximate surface area is 192 Å². The molecule has 4 heteroatoms. The van der Waals surface area contributed by atoms with Crippen LogP contribution in [0.5, 0.6) is 5.75 Å². The van der Waals surface area contributed by atoms with Crippen molar-refractivity contribution >= 4 is 17.5 Å². The fourth-order valence-electron chi connectivity index (χ4n) is 4.32. The zero-order valence-corrected chi connectivity index (χ0v) is 20.0. The monoisotopic (exact) mass is 436 g/mol. The summed E-state index contributed by atoms with van der Waals surface area (Å²) in [6, 6.07) is 18.8. The molecule has 0 N–H and O–H groups in total. The Hall–Kier alpha value is -2.20. The summed E-state index contributed by atoms with van der Waals surface area (Å²) in [6.45, 7) is 7.58. The van der Waals surface area contributed by atoms with E-state index >= 15 is 0 Å². The Morgan fingerprint density at radius 1 is 1.06 bits per heavy atom. The number of hydrogen-bond acceptors (Lipinski definition) is 4. The summed E-state index contributed by atoms with van der Waals surface area (Å²) in [7, 11) is 1.71. The molecule has 1 aliphatic rings. The minimum atomic E-state index is 0.685. The van der Waals surface area contributed by atoms with Crippen molar-refractivity contribution in [1.82, 2.24) is 5.01 Å². The molecule has 1 fully saturated rings.